The lowest BCUT2D eigenvalue weighted by molar-refractivity contribution is 0.0693. The molecule has 3 aromatic rings. The Bertz CT molecular complexity index is 911. The Labute approximate surface area is 138 Å². The molecule has 0 fully saturated rings. The predicted molar refractivity (Wildman–Crippen MR) is 90.9 cm³/mol. The normalized spacial score (nSPS) is 11.2. The van der Waals surface area contributed by atoms with Crippen LogP contribution in [0.4, 0.5) is 0 Å². The van der Waals surface area contributed by atoms with Gasteiger partial charge < -0.3 is 14.9 Å². The number of aliphatic hydroxyl groups excluding tert-OH is 1. The SMILES string of the molecule is COc1c(C(=O)O)ccc2[nH]nc(C=Cc3ccc(CO)cc3)c12. The van der Waals surface area contributed by atoms with Crippen LogP contribution in [-0.4, -0.2) is 33.5 Å². The smallest absolute Gasteiger partial charge is 0.339 e. The van der Waals surface area contributed by atoms with Gasteiger partial charge in [0.2, 0.25) is 0 Å². The van der Waals surface area contributed by atoms with E-state index < -0.39 is 5.97 Å². The number of carboxylic acid groups (broad SMARTS) is 1. The predicted octanol–water partition coefficient (Wildman–Crippen LogP) is 2.93. The van der Waals surface area contributed by atoms with Gasteiger partial charge in [-0.25, -0.2) is 4.79 Å². The van der Waals surface area contributed by atoms with Crippen LogP contribution < -0.4 is 4.74 Å². The van der Waals surface area contributed by atoms with Crippen LogP contribution in [0, 0.1) is 0 Å². The van der Waals surface area contributed by atoms with E-state index in [0.717, 1.165) is 11.1 Å². The quantitative estimate of drug-likeness (QED) is 0.670. The van der Waals surface area contributed by atoms with Crippen LogP contribution in [0.1, 0.15) is 27.2 Å². The molecule has 0 aliphatic heterocycles. The number of methoxy groups -OCH3 is 1. The first-order valence-corrected chi connectivity index (χ1v) is 7.30. The summed E-state index contributed by atoms with van der Waals surface area (Å²) in [5, 5.41) is 26.1. The first kappa shape index (κ1) is 15.8. The summed E-state index contributed by atoms with van der Waals surface area (Å²) in [6.45, 7) is 0.00314. The van der Waals surface area contributed by atoms with Gasteiger partial charge in [-0.05, 0) is 29.3 Å². The molecule has 2 aromatic carbocycles. The van der Waals surface area contributed by atoms with E-state index in [-0.39, 0.29) is 17.9 Å². The van der Waals surface area contributed by atoms with E-state index in [1.807, 2.05) is 30.3 Å². The fourth-order valence-corrected chi connectivity index (χ4v) is 2.52. The van der Waals surface area contributed by atoms with Crippen LogP contribution in [0.25, 0.3) is 23.1 Å². The fraction of sp³-hybridized carbons (Fsp3) is 0.111. The number of aromatic amines is 1. The molecule has 0 atom stereocenters. The average molecular weight is 324 g/mol. The molecule has 0 saturated heterocycles. The number of aromatic carboxylic acids is 1. The van der Waals surface area contributed by atoms with Gasteiger partial charge in [0.25, 0.3) is 0 Å². The molecular formula is C18H16N2O4. The number of hydrogen-bond acceptors (Lipinski definition) is 4. The van der Waals surface area contributed by atoms with Gasteiger partial charge in [0.15, 0.2) is 0 Å². The van der Waals surface area contributed by atoms with Crippen molar-refractivity contribution in [2.24, 2.45) is 0 Å². The van der Waals surface area contributed by atoms with Crippen molar-refractivity contribution in [1.29, 1.82) is 0 Å². The van der Waals surface area contributed by atoms with E-state index in [1.165, 1.54) is 13.2 Å². The average Bonchev–Trinajstić information content (AvgIpc) is 3.02. The van der Waals surface area contributed by atoms with Gasteiger partial charge in [-0.15, -0.1) is 0 Å². The molecular weight excluding hydrogens is 308 g/mol. The molecule has 6 nitrogen and oxygen atoms in total. The molecule has 0 saturated carbocycles. The Morgan fingerprint density at radius 3 is 2.58 bits per heavy atom. The molecule has 0 aliphatic rings. The molecule has 0 aliphatic carbocycles. The number of ether oxygens (including phenoxy) is 1. The number of rotatable bonds is 5. The highest BCUT2D eigenvalue weighted by atomic mass is 16.5. The summed E-state index contributed by atoms with van der Waals surface area (Å²) in [6, 6.07) is 10.6. The zero-order chi connectivity index (χ0) is 17.1. The van der Waals surface area contributed by atoms with E-state index in [0.29, 0.717) is 16.6 Å². The Hall–Kier alpha value is -3.12. The number of aliphatic hydroxyl groups is 1. The Morgan fingerprint density at radius 1 is 1.21 bits per heavy atom. The van der Waals surface area contributed by atoms with Gasteiger partial charge in [0, 0.05) is 0 Å². The number of benzene rings is 2. The van der Waals surface area contributed by atoms with Gasteiger partial charge in [-0.1, -0.05) is 30.3 Å². The lowest BCUT2D eigenvalue weighted by Crippen LogP contribution is -2.00. The van der Waals surface area contributed by atoms with Crippen molar-refractivity contribution >= 4 is 29.0 Å². The summed E-state index contributed by atoms with van der Waals surface area (Å²) < 4.78 is 5.30. The highest BCUT2D eigenvalue weighted by Crippen LogP contribution is 2.32. The van der Waals surface area contributed by atoms with E-state index in [1.54, 1.807) is 12.1 Å². The summed E-state index contributed by atoms with van der Waals surface area (Å²) in [6.07, 6.45) is 3.66. The van der Waals surface area contributed by atoms with Gasteiger partial charge in [0.1, 0.15) is 11.3 Å². The third-order valence-electron chi connectivity index (χ3n) is 3.74. The molecule has 6 heteroatoms. The fourth-order valence-electron chi connectivity index (χ4n) is 2.52. The second-order valence-electron chi connectivity index (χ2n) is 5.22. The first-order valence-electron chi connectivity index (χ1n) is 7.30. The Kier molecular flexibility index (Phi) is 4.31. The molecule has 0 amide bonds. The standard InChI is InChI=1S/C18H16N2O4/c1-24-17-13(18(22)23)7-9-15-16(17)14(19-20-15)8-6-11-2-4-12(10-21)5-3-11/h2-9,21H,10H2,1H3,(H,19,20)(H,22,23). The molecule has 122 valence electrons. The topological polar surface area (TPSA) is 95.4 Å². The van der Waals surface area contributed by atoms with Crippen molar-refractivity contribution in [2.45, 2.75) is 6.61 Å². The number of H-pyrrole nitrogens is 1. The van der Waals surface area contributed by atoms with Gasteiger partial charge in [0.05, 0.1) is 30.3 Å². The summed E-state index contributed by atoms with van der Waals surface area (Å²) in [5.41, 5.74) is 3.17. The monoisotopic (exact) mass is 324 g/mol. The third-order valence-corrected chi connectivity index (χ3v) is 3.74. The molecule has 0 unspecified atom stereocenters. The van der Waals surface area contributed by atoms with E-state index in [9.17, 15) is 9.90 Å². The van der Waals surface area contributed by atoms with Crippen LogP contribution >= 0.6 is 0 Å². The van der Waals surface area contributed by atoms with E-state index in [4.69, 9.17) is 9.84 Å². The number of nitrogens with zero attached hydrogens (tertiary/aromatic N) is 1. The number of hydrogen-bond donors (Lipinski definition) is 3. The molecule has 0 radical (unpaired) electrons. The zero-order valence-corrected chi connectivity index (χ0v) is 13.0. The van der Waals surface area contributed by atoms with Crippen LogP contribution in [-0.2, 0) is 6.61 Å². The zero-order valence-electron chi connectivity index (χ0n) is 13.0. The van der Waals surface area contributed by atoms with Crippen molar-refractivity contribution in [3.8, 4) is 5.75 Å². The Balaban J connectivity index is 2.04. The molecule has 3 N–H and O–H groups in total. The van der Waals surface area contributed by atoms with Crippen molar-refractivity contribution in [3.63, 3.8) is 0 Å². The second kappa shape index (κ2) is 6.55. The lowest BCUT2D eigenvalue weighted by atomic mass is 10.1. The van der Waals surface area contributed by atoms with Gasteiger partial charge in [-0.3, -0.25) is 5.10 Å². The first-order chi connectivity index (χ1) is 11.6. The minimum absolute atomic E-state index is 0.00314. The highest BCUT2D eigenvalue weighted by Gasteiger charge is 2.17. The minimum Gasteiger partial charge on any atom is -0.495 e. The molecule has 1 heterocycles. The number of aromatic nitrogens is 2. The number of carbonyl (C=O) groups is 1. The summed E-state index contributed by atoms with van der Waals surface area (Å²) in [4.78, 5) is 11.3. The van der Waals surface area contributed by atoms with Crippen molar-refractivity contribution in [2.75, 3.05) is 7.11 Å². The number of nitrogens with one attached hydrogen (secondary N) is 1. The molecule has 0 spiro atoms. The highest BCUT2D eigenvalue weighted by molar-refractivity contribution is 6.02. The summed E-state index contributed by atoms with van der Waals surface area (Å²) in [7, 11) is 1.44. The van der Waals surface area contributed by atoms with E-state index >= 15 is 0 Å². The Morgan fingerprint density at radius 2 is 1.96 bits per heavy atom. The van der Waals surface area contributed by atoms with Crippen LogP contribution in [0.5, 0.6) is 5.75 Å². The minimum atomic E-state index is -1.05. The maximum atomic E-state index is 11.3. The molecule has 1 aromatic heterocycles. The van der Waals surface area contributed by atoms with Gasteiger partial charge >= 0.3 is 5.97 Å². The summed E-state index contributed by atoms with van der Waals surface area (Å²) >= 11 is 0. The lowest BCUT2D eigenvalue weighted by Gasteiger charge is -2.06. The summed E-state index contributed by atoms with van der Waals surface area (Å²) in [5.74, 6) is -0.770. The third kappa shape index (κ3) is 2.87. The molecule has 3 rings (SSSR count). The van der Waals surface area contributed by atoms with Crippen molar-refractivity contribution in [3.05, 3.63) is 58.8 Å². The van der Waals surface area contributed by atoms with Crippen molar-refractivity contribution in [1.82, 2.24) is 10.2 Å². The maximum Gasteiger partial charge on any atom is 0.339 e. The van der Waals surface area contributed by atoms with Crippen molar-refractivity contribution < 1.29 is 19.7 Å². The number of carboxylic acids is 1. The number of fused-ring (bicyclic) bond motifs is 1. The second-order valence-corrected chi connectivity index (χ2v) is 5.22. The molecule has 24 heavy (non-hydrogen) atoms. The largest absolute Gasteiger partial charge is 0.495 e. The van der Waals surface area contributed by atoms with Crippen LogP contribution in [0.3, 0.4) is 0 Å². The van der Waals surface area contributed by atoms with E-state index in [2.05, 4.69) is 10.2 Å². The maximum absolute atomic E-state index is 11.3. The van der Waals surface area contributed by atoms with Crippen LogP contribution in [0.15, 0.2) is 36.4 Å². The molecule has 0 bridgehead atoms. The van der Waals surface area contributed by atoms with Crippen LogP contribution in [0.2, 0.25) is 0 Å². The van der Waals surface area contributed by atoms with Gasteiger partial charge in [-0.2, -0.15) is 5.10 Å².